The summed E-state index contributed by atoms with van der Waals surface area (Å²) >= 11 is 0. The lowest BCUT2D eigenvalue weighted by molar-refractivity contribution is 0.0817. The maximum absolute atomic E-state index is 12.4. The quantitative estimate of drug-likeness (QED) is 0.580. The van der Waals surface area contributed by atoms with Gasteiger partial charge in [0.05, 0.1) is 0 Å². The number of benzene rings is 2. The smallest absolute Gasteiger partial charge is 0.202 e. The number of ether oxygens (including phenoxy) is 1. The van der Waals surface area contributed by atoms with Crippen LogP contribution in [-0.4, -0.2) is 11.9 Å². The molecule has 0 aliphatic rings. The third-order valence-corrected chi connectivity index (χ3v) is 3.35. The van der Waals surface area contributed by atoms with Gasteiger partial charge in [-0.3, -0.25) is 4.79 Å². The van der Waals surface area contributed by atoms with E-state index in [1.54, 1.807) is 6.92 Å². The maximum Gasteiger partial charge on any atom is 0.202 e. The lowest BCUT2D eigenvalue weighted by Crippen LogP contribution is -2.24. The van der Waals surface area contributed by atoms with Crippen molar-refractivity contribution in [3.63, 3.8) is 0 Å². The molecule has 0 radical (unpaired) electrons. The van der Waals surface area contributed by atoms with Gasteiger partial charge in [-0.2, -0.15) is 0 Å². The van der Waals surface area contributed by atoms with Gasteiger partial charge in [-0.25, -0.2) is 0 Å². The fraction of sp³-hybridized carbons (Fsp3) is 0.211. The van der Waals surface area contributed by atoms with E-state index in [1.807, 2.05) is 61.5 Å². The first-order valence-electron chi connectivity index (χ1n) is 7.08. The lowest BCUT2D eigenvalue weighted by atomic mass is 10.1. The summed E-state index contributed by atoms with van der Waals surface area (Å²) < 4.78 is 5.85. The molecule has 0 spiro atoms. The molecule has 0 bridgehead atoms. The fourth-order valence-corrected chi connectivity index (χ4v) is 2.14. The molecule has 0 aliphatic carbocycles. The minimum atomic E-state index is -0.515. The Morgan fingerprint density at radius 3 is 2.52 bits per heavy atom. The highest BCUT2D eigenvalue weighted by Gasteiger charge is 2.17. The van der Waals surface area contributed by atoms with Gasteiger partial charge in [0.25, 0.3) is 0 Å². The van der Waals surface area contributed by atoms with E-state index in [1.165, 1.54) is 0 Å². The van der Waals surface area contributed by atoms with Crippen molar-refractivity contribution in [1.82, 2.24) is 0 Å². The molecule has 1 unspecified atom stereocenters. The second kappa shape index (κ2) is 6.89. The minimum absolute atomic E-state index is 0.0107. The number of allylic oxidation sites excluding steroid dienone is 1. The number of Topliss-reactive ketones (excluding diaryl/α,β-unsaturated/α-hetero) is 1. The summed E-state index contributed by atoms with van der Waals surface area (Å²) in [5.41, 5.74) is 2.85. The third-order valence-electron chi connectivity index (χ3n) is 3.35. The molecule has 2 aromatic rings. The molecule has 0 fully saturated rings. The number of aryl methyl sites for hydroxylation is 1. The van der Waals surface area contributed by atoms with E-state index in [2.05, 4.69) is 6.58 Å². The van der Waals surface area contributed by atoms with Crippen molar-refractivity contribution >= 4 is 5.78 Å². The van der Waals surface area contributed by atoms with Gasteiger partial charge in [0, 0.05) is 5.56 Å². The second-order valence-corrected chi connectivity index (χ2v) is 5.09. The molecule has 0 saturated carbocycles. The largest absolute Gasteiger partial charge is 0.482 e. The number of hydrogen-bond donors (Lipinski definition) is 0. The molecular formula is C19H20O2. The van der Waals surface area contributed by atoms with Crippen molar-refractivity contribution in [3.05, 3.63) is 77.9 Å². The van der Waals surface area contributed by atoms with Gasteiger partial charge < -0.3 is 4.74 Å². The molecule has 2 aromatic carbocycles. The zero-order valence-electron chi connectivity index (χ0n) is 12.5. The zero-order chi connectivity index (χ0) is 15.2. The summed E-state index contributed by atoms with van der Waals surface area (Å²) in [4.78, 5) is 12.4. The molecule has 2 heteroatoms. The van der Waals surface area contributed by atoms with Crippen LogP contribution in [0, 0.1) is 6.92 Å². The average Bonchev–Trinajstić information content (AvgIpc) is 2.49. The van der Waals surface area contributed by atoms with Crippen LogP contribution in [0.15, 0.2) is 61.2 Å². The summed E-state index contributed by atoms with van der Waals surface area (Å²) in [6, 6.07) is 15.3. The Balaban J connectivity index is 2.14. The summed E-state index contributed by atoms with van der Waals surface area (Å²) in [6.45, 7) is 7.53. The van der Waals surface area contributed by atoms with Crippen LogP contribution in [0.5, 0.6) is 5.75 Å². The number of hydrogen-bond acceptors (Lipinski definition) is 2. The minimum Gasteiger partial charge on any atom is -0.482 e. The Morgan fingerprint density at radius 2 is 1.86 bits per heavy atom. The van der Waals surface area contributed by atoms with Crippen molar-refractivity contribution in [2.24, 2.45) is 0 Å². The van der Waals surface area contributed by atoms with Crippen LogP contribution in [0.2, 0.25) is 0 Å². The Labute approximate surface area is 126 Å². The molecule has 0 N–H and O–H groups in total. The van der Waals surface area contributed by atoms with E-state index in [-0.39, 0.29) is 5.78 Å². The van der Waals surface area contributed by atoms with Crippen molar-refractivity contribution in [2.45, 2.75) is 26.4 Å². The van der Waals surface area contributed by atoms with Gasteiger partial charge in [-0.05, 0) is 31.9 Å². The van der Waals surface area contributed by atoms with E-state index < -0.39 is 6.10 Å². The Morgan fingerprint density at radius 1 is 1.19 bits per heavy atom. The molecule has 0 heterocycles. The van der Waals surface area contributed by atoms with Gasteiger partial charge in [-0.15, -0.1) is 6.58 Å². The summed E-state index contributed by atoms with van der Waals surface area (Å²) in [5.74, 6) is 0.730. The van der Waals surface area contributed by atoms with Gasteiger partial charge in [0.1, 0.15) is 5.75 Å². The molecular weight excluding hydrogens is 260 g/mol. The Kier molecular flexibility index (Phi) is 4.94. The number of rotatable bonds is 6. The molecule has 0 saturated heterocycles. The van der Waals surface area contributed by atoms with E-state index in [4.69, 9.17) is 4.74 Å². The normalized spacial score (nSPS) is 11.7. The average molecular weight is 280 g/mol. The predicted molar refractivity (Wildman–Crippen MR) is 85.9 cm³/mol. The van der Waals surface area contributed by atoms with Gasteiger partial charge in [0.15, 0.2) is 6.10 Å². The molecule has 108 valence electrons. The molecule has 0 aromatic heterocycles. The molecule has 0 aliphatic heterocycles. The van der Waals surface area contributed by atoms with Crippen LogP contribution in [0.1, 0.15) is 28.4 Å². The van der Waals surface area contributed by atoms with Gasteiger partial charge in [0.2, 0.25) is 5.78 Å². The standard InChI is InChI=1S/C19H20O2/c1-4-7-16-8-5-6-9-18(16)21-15(3)19(20)17-12-10-14(2)11-13-17/h4-6,8-13,15H,1,7H2,2-3H3. The first-order valence-corrected chi connectivity index (χ1v) is 7.08. The number of carbonyl (C=O) groups is 1. The van der Waals surface area contributed by atoms with Crippen LogP contribution in [0.3, 0.4) is 0 Å². The van der Waals surface area contributed by atoms with Crippen LogP contribution in [0.4, 0.5) is 0 Å². The summed E-state index contributed by atoms with van der Waals surface area (Å²) in [6.07, 6.45) is 2.04. The topological polar surface area (TPSA) is 26.3 Å². The Hall–Kier alpha value is -2.35. The molecule has 2 rings (SSSR count). The molecule has 2 nitrogen and oxygen atoms in total. The highest BCUT2D eigenvalue weighted by Crippen LogP contribution is 2.21. The highest BCUT2D eigenvalue weighted by molar-refractivity contribution is 5.99. The van der Waals surface area contributed by atoms with Crippen molar-refractivity contribution < 1.29 is 9.53 Å². The van der Waals surface area contributed by atoms with Gasteiger partial charge >= 0.3 is 0 Å². The lowest BCUT2D eigenvalue weighted by Gasteiger charge is -2.16. The van der Waals surface area contributed by atoms with Crippen LogP contribution in [0.25, 0.3) is 0 Å². The third kappa shape index (κ3) is 3.82. The van der Waals surface area contributed by atoms with Crippen molar-refractivity contribution in [1.29, 1.82) is 0 Å². The summed E-state index contributed by atoms with van der Waals surface area (Å²) in [7, 11) is 0. The Bertz CT molecular complexity index is 626. The highest BCUT2D eigenvalue weighted by atomic mass is 16.5. The molecule has 1 atom stereocenters. The second-order valence-electron chi connectivity index (χ2n) is 5.09. The van der Waals surface area contributed by atoms with Crippen molar-refractivity contribution in [2.75, 3.05) is 0 Å². The first kappa shape index (κ1) is 15.0. The first-order chi connectivity index (χ1) is 10.1. The monoisotopic (exact) mass is 280 g/mol. The maximum atomic E-state index is 12.4. The van der Waals surface area contributed by atoms with Crippen molar-refractivity contribution in [3.8, 4) is 5.75 Å². The number of para-hydroxylation sites is 1. The van der Waals surface area contributed by atoms with Crippen LogP contribution in [-0.2, 0) is 6.42 Å². The number of ketones is 1. The predicted octanol–water partition coefficient (Wildman–Crippen LogP) is 4.37. The van der Waals surface area contributed by atoms with E-state index in [9.17, 15) is 4.79 Å². The van der Waals surface area contributed by atoms with Crippen LogP contribution >= 0.6 is 0 Å². The summed E-state index contributed by atoms with van der Waals surface area (Å²) in [5, 5.41) is 0. The number of carbonyl (C=O) groups excluding carboxylic acids is 1. The van der Waals surface area contributed by atoms with Gasteiger partial charge in [-0.1, -0.05) is 54.1 Å². The zero-order valence-corrected chi connectivity index (χ0v) is 12.5. The van der Waals surface area contributed by atoms with Crippen LogP contribution < -0.4 is 4.74 Å². The van der Waals surface area contributed by atoms with E-state index >= 15 is 0 Å². The van der Waals surface area contributed by atoms with E-state index in [0.29, 0.717) is 5.56 Å². The SMILES string of the molecule is C=CCc1ccccc1OC(C)C(=O)c1ccc(C)cc1. The fourth-order valence-electron chi connectivity index (χ4n) is 2.14. The molecule has 21 heavy (non-hydrogen) atoms. The van der Waals surface area contributed by atoms with E-state index in [0.717, 1.165) is 23.3 Å². The molecule has 0 amide bonds.